The fourth-order valence-electron chi connectivity index (χ4n) is 5.17. The van der Waals surface area contributed by atoms with E-state index >= 15 is 0 Å². The van der Waals surface area contributed by atoms with Crippen LogP contribution in [-0.4, -0.2) is 11.5 Å². The summed E-state index contributed by atoms with van der Waals surface area (Å²) in [4.78, 5) is 5.23. The second kappa shape index (κ2) is 15.8. The van der Waals surface area contributed by atoms with Crippen LogP contribution in [0.3, 0.4) is 0 Å². The van der Waals surface area contributed by atoms with Crippen LogP contribution in [0, 0.1) is 5.92 Å². The Balaban J connectivity index is 0.00000205. The summed E-state index contributed by atoms with van der Waals surface area (Å²) < 4.78 is 0. The summed E-state index contributed by atoms with van der Waals surface area (Å²) in [5.74, 6) is 0.530. The number of hydrogen-bond donors (Lipinski definition) is 1. The number of benzene rings is 3. The van der Waals surface area contributed by atoms with Crippen molar-refractivity contribution in [1.29, 1.82) is 0 Å². The van der Waals surface area contributed by atoms with Gasteiger partial charge in [-0.1, -0.05) is 143 Å². The molecule has 0 aliphatic rings. The standard InChI is InChI=1S/C35H40N2.C2H6/c1-5-7-20-30(26(3)4)29(15-6-2)25-36-35(28-17-9-8-10-18-28)34-24-14-23-33(37-34)32-22-13-19-27-16-11-12-21-31(27)32;1-2/h5,7-14,16-19,21-24,26,35-36H,6,15,20,25H2,1-4H3;1-2H3/b7-5-,30-29-;. The van der Waals surface area contributed by atoms with Crippen LogP contribution >= 0.6 is 0 Å². The molecule has 0 fully saturated rings. The molecule has 204 valence electrons. The van der Waals surface area contributed by atoms with Crippen molar-refractivity contribution in [2.45, 2.75) is 66.8 Å². The first-order valence-electron chi connectivity index (χ1n) is 14.7. The van der Waals surface area contributed by atoms with E-state index in [1.54, 1.807) is 5.57 Å². The highest BCUT2D eigenvalue weighted by molar-refractivity contribution is 5.95. The van der Waals surface area contributed by atoms with Gasteiger partial charge in [0.15, 0.2) is 0 Å². The lowest BCUT2D eigenvalue weighted by Crippen LogP contribution is -2.26. The molecule has 4 rings (SSSR count). The lowest BCUT2D eigenvalue weighted by Gasteiger charge is -2.23. The number of hydrogen-bond acceptors (Lipinski definition) is 2. The summed E-state index contributed by atoms with van der Waals surface area (Å²) in [6.07, 6.45) is 7.73. The first kappa shape index (κ1) is 30.1. The van der Waals surface area contributed by atoms with Crippen molar-refractivity contribution < 1.29 is 0 Å². The Morgan fingerprint density at radius 2 is 1.54 bits per heavy atom. The van der Waals surface area contributed by atoms with E-state index in [2.05, 4.69) is 136 Å². The minimum atomic E-state index is 0.0121. The molecule has 4 aromatic rings. The van der Waals surface area contributed by atoms with Gasteiger partial charge in [-0.05, 0) is 54.2 Å². The number of allylic oxidation sites excluding steroid dienone is 3. The zero-order valence-electron chi connectivity index (χ0n) is 24.7. The van der Waals surface area contributed by atoms with E-state index < -0.39 is 0 Å². The van der Waals surface area contributed by atoms with Crippen LogP contribution in [0.5, 0.6) is 0 Å². The molecule has 2 heteroatoms. The molecule has 3 aromatic carbocycles. The molecule has 0 bridgehead atoms. The van der Waals surface area contributed by atoms with E-state index in [4.69, 9.17) is 4.98 Å². The Morgan fingerprint density at radius 1 is 0.846 bits per heavy atom. The molecule has 0 saturated carbocycles. The number of aromatic nitrogens is 1. The smallest absolute Gasteiger partial charge is 0.0754 e. The van der Waals surface area contributed by atoms with Gasteiger partial charge in [-0.15, -0.1) is 0 Å². The summed E-state index contributed by atoms with van der Waals surface area (Å²) in [5, 5.41) is 6.39. The van der Waals surface area contributed by atoms with Gasteiger partial charge in [0.05, 0.1) is 17.4 Å². The summed E-state index contributed by atoms with van der Waals surface area (Å²) in [6.45, 7) is 13.9. The zero-order valence-corrected chi connectivity index (χ0v) is 24.7. The van der Waals surface area contributed by atoms with Crippen LogP contribution in [0.25, 0.3) is 22.0 Å². The number of nitrogens with one attached hydrogen (secondary N) is 1. The van der Waals surface area contributed by atoms with Gasteiger partial charge in [-0.25, -0.2) is 0 Å². The van der Waals surface area contributed by atoms with Gasteiger partial charge in [0, 0.05) is 12.1 Å². The summed E-state index contributed by atoms with van der Waals surface area (Å²) in [7, 11) is 0. The van der Waals surface area contributed by atoms with Gasteiger partial charge in [-0.2, -0.15) is 0 Å². The third kappa shape index (κ3) is 8.00. The quantitative estimate of drug-likeness (QED) is 0.200. The van der Waals surface area contributed by atoms with E-state index in [0.29, 0.717) is 5.92 Å². The summed E-state index contributed by atoms with van der Waals surface area (Å²) in [6, 6.07) is 32.2. The van der Waals surface area contributed by atoms with Gasteiger partial charge < -0.3 is 5.32 Å². The molecular formula is C37H46N2. The van der Waals surface area contributed by atoms with Crippen molar-refractivity contribution in [2.24, 2.45) is 5.92 Å². The van der Waals surface area contributed by atoms with E-state index in [1.165, 1.54) is 27.5 Å². The molecular weight excluding hydrogens is 472 g/mol. The molecule has 0 aliphatic heterocycles. The normalized spacial score (nSPS) is 12.8. The minimum Gasteiger partial charge on any atom is -0.301 e. The van der Waals surface area contributed by atoms with Crippen LogP contribution in [0.1, 0.15) is 78.1 Å². The van der Waals surface area contributed by atoms with Crippen molar-refractivity contribution in [3.63, 3.8) is 0 Å². The Kier molecular flexibility index (Phi) is 12.2. The Morgan fingerprint density at radius 3 is 2.26 bits per heavy atom. The number of pyridine rings is 1. The fourth-order valence-corrected chi connectivity index (χ4v) is 5.17. The molecule has 1 heterocycles. The van der Waals surface area contributed by atoms with Crippen molar-refractivity contribution in [3.05, 3.63) is 126 Å². The third-order valence-corrected chi connectivity index (χ3v) is 7.06. The van der Waals surface area contributed by atoms with Gasteiger partial charge in [0.25, 0.3) is 0 Å². The maximum absolute atomic E-state index is 5.23. The third-order valence-electron chi connectivity index (χ3n) is 7.06. The summed E-state index contributed by atoms with van der Waals surface area (Å²) >= 11 is 0. The predicted octanol–water partition coefficient (Wildman–Crippen LogP) is 10.3. The Hall–Kier alpha value is -3.49. The van der Waals surface area contributed by atoms with Gasteiger partial charge >= 0.3 is 0 Å². The molecule has 0 aliphatic carbocycles. The molecule has 1 aromatic heterocycles. The van der Waals surface area contributed by atoms with Crippen LogP contribution in [0.15, 0.2) is 114 Å². The number of nitrogens with zero attached hydrogens (tertiary/aromatic N) is 1. The molecule has 0 radical (unpaired) electrons. The highest BCUT2D eigenvalue weighted by Gasteiger charge is 2.18. The van der Waals surface area contributed by atoms with Crippen molar-refractivity contribution in [3.8, 4) is 11.3 Å². The van der Waals surface area contributed by atoms with Crippen LogP contribution in [0.4, 0.5) is 0 Å². The highest BCUT2D eigenvalue weighted by Crippen LogP contribution is 2.30. The average Bonchev–Trinajstić information content (AvgIpc) is 2.98. The summed E-state index contributed by atoms with van der Waals surface area (Å²) in [5.41, 5.74) is 7.55. The lowest BCUT2D eigenvalue weighted by atomic mass is 9.91. The molecule has 39 heavy (non-hydrogen) atoms. The maximum atomic E-state index is 5.23. The van der Waals surface area contributed by atoms with Gasteiger partial charge in [0.1, 0.15) is 0 Å². The Bertz CT molecular complexity index is 1340. The number of rotatable bonds is 11. The number of fused-ring (bicyclic) bond motifs is 1. The maximum Gasteiger partial charge on any atom is 0.0754 e. The molecule has 0 saturated heterocycles. The van der Waals surface area contributed by atoms with E-state index in [0.717, 1.165) is 37.2 Å². The van der Waals surface area contributed by atoms with Crippen LogP contribution in [0.2, 0.25) is 0 Å². The first-order chi connectivity index (χ1) is 19.1. The molecule has 1 N–H and O–H groups in total. The van der Waals surface area contributed by atoms with Gasteiger partial charge in [-0.3, -0.25) is 4.98 Å². The molecule has 0 amide bonds. The van der Waals surface area contributed by atoms with E-state index in [-0.39, 0.29) is 6.04 Å². The monoisotopic (exact) mass is 518 g/mol. The fraction of sp³-hybridized carbons (Fsp3) is 0.324. The predicted molar refractivity (Wildman–Crippen MR) is 171 cm³/mol. The van der Waals surface area contributed by atoms with Gasteiger partial charge in [0.2, 0.25) is 0 Å². The van der Waals surface area contributed by atoms with E-state index in [1.807, 2.05) is 13.8 Å². The van der Waals surface area contributed by atoms with Crippen molar-refractivity contribution in [2.75, 3.05) is 6.54 Å². The highest BCUT2D eigenvalue weighted by atomic mass is 14.9. The topological polar surface area (TPSA) is 24.9 Å². The lowest BCUT2D eigenvalue weighted by molar-refractivity contribution is 0.600. The van der Waals surface area contributed by atoms with E-state index in [9.17, 15) is 0 Å². The second-order valence-corrected chi connectivity index (χ2v) is 10.0. The first-order valence-corrected chi connectivity index (χ1v) is 14.7. The molecule has 1 atom stereocenters. The average molecular weight is 519 g/mol. The Labute approximate surface area is 236 Å². The molecule has 1 unspecified atom stereocenters. The largest absolute Gasteiger partial charge is 0.301 e. The SMILES string of the molecule is C/C=C\C/C(=C(\CCC)CNC(c1ccccc1)c1cccc(-c2cccc3ccccc23)n1)C(C)C.CC. The zero-order chi connectivity index (χ0) is 28.0. The van der Waals surface area contributed by atoms with Crippen molar-refractivity contribution >= 4 is 10.8 Å². The molecule has 0 spiro atoms. The van der Waals surface area contributed by atoms with Crippen LogP contribution < -0.4 is 5.32 Å². The second-order valence-electron chi connectivity index (χ2n) is 10.0. The molecule has 2 nitrogen and oxygen atoms in total. The van der Waals surface area contributed by atoms with Crippen LogP contribution in [-0.2, 0) is 0 Å². The van der Waals surface area contributed by atoms with Crippen molar-refractivity contribution in [1.82, 2.24) is 10.3 Å². The minimum absolute atomic E-state index is 0.0121.